The molecule has 1 aliphatic rings. The first-order valence-corrected chi connectivity index (χ1v) is 6.18. The number of nitrogens with one attached hydrogen (secondary N) is 1. The van der Waals surface area contributed by atoms with Gasteiger partial charge in [-0.25, -0.2) is 5.48 Å². The lowest BCUT2D eigenvalue weighted by atomic mass is 9.64. The van der Waals surface area contributed by atoms with Crippen molar-refractivity contribution in [2.75, 3.05) is 6.61 Å². The van der Waals surface area contributed by atoms with Crippen LogP contribution in [0.3, 0.4) is 0 Å². The molecule has 2 rings (SSSR count). The molecule has 0 spiro atoms. The van der Waals surface area contributed by atoms with E-state index in [1.807, 2.05) is 19.1 Å². The zero-order valence-electron chi connectivity index (χ0n) is 10.5. The first-order chi connectivity index (χ1) is 8.19. The molecule has 0 saturated heterocycles. The van der Waals surface area contributed by atoms with E-state index in [-0.39, 0.29) is 11.3 Å². The van der Waals surface area contributed by atoms with Crippen LogP contribution in [0.15, 0.2) is 24.3 Å². The maximum atomic E-state index is 12.2. The fourth-order valence-corrected chi connectivity index (χ4v) is 2.36. The predicted octanol–water partition coefficient (Wildman–Crippen LogP) is 2.48. The Labute approximate surface area is 102 Å². The van der Waals surface area contributed by atoms with E-state index in [0.717, 1.165) is 24.8 Å². The van der Waals surface area contributed by atoms with Crippen molar-refractivity contribution >= 4 is 5.91 Å². The number of aryl methyl sites for hydroxylation is 1. The number of hydroxylamine groups is 1. The van der Waals surface area contributed by atoms with Crippen molar-refractivity contribution in [3.8, 4) is 0 Å². The van der Waals surface area contributed by atoms with Crippen molar-refractivity contribution in [2.45, 2.75) is 38.5 Å². The number of benzene rings is 1. The summed E-state index contributed by atoms with van der Waals surface area (Å²) in [6, 6.07) is 8.21. The van der Waals surface area contributed by atoms with Gasteiger partial charge < -0.3 is 0 Å². The number of carbonyl (C=O) groups excluding carboxylic acids is 1. The summed E-state index contributed by atoms with van der Waals surface area (Å²) >= 11 is 0. The van der Waals surface area contributed by atoms with Gasteiger partial charge in [0.25, 0.3) is 5.91 Å². The standard InChI is InChI=1S/C14H19NO2/c1-3-17-15-13(16)14(8-5-9-14)12-7-4-6-11(2)10-12/h4,6-7,10H,3,5,8-9H2,1-2H3,(H,15,16). The molecule has 1 fully saturated rings. The summed E-state index contributed by atoms with van der Waals surface area (Å²) in [5.41, 5.74) is 4.50. The lowest BCUT2D eigenvalue weighted by Gasteiger charge is -2.40. The second-order valence-electron chi connectivity index (χ2n) is 4.67. The smallest absolute Gasteiger partial charge is 0.254 e. The fraction of sp³-hybridized carbons (Fsp3) is 0.500. The third-order valence-corrected chi connectivity index (χ3v) is 3.52. The minimum absolute atomic E-state index is 0.00352. The van der Waals surface area contributed by atoms with Gasteiger partial charge in [0.15, 0.2) is 0 Å². The van der Waals surface area contributed by atoms with Gasteiger partial charge in [-0.2, -0.15) is 0 Å². The molecule has 1 amide bonds. The van der Waals surface area contributed by atoms with Gasteiger partial charge >= 0.3 is 0 Å². The maximum Gasteiger partial charge on any atom is 0.254 e. The molecular weight excluding hydrogens is 214 g/mol. The molecule has 1 N–H and O–H groups in total. The Morgan fingerprint density at radius 2 is 2.24 bits per heavy atom. The third-order valence-electron chi connectivity index (χ3n) is 3.52. The Kier molecular flexibility index (Phi) is 3.48. The van der Waals surface area contributed by atoms with Crippen LogP contribution >= 0.6 is 0 Å². The van der Waals surface area contributed by atoms with Gasteiger partial charge in [0.1, 0.15) is 0 Å². The monoisotopic (exact) mass is 233 g/mol. The van der Waals surface area contributed by atoms with E-state index in [1.165, 1.54) is 5.56 Å². The van der Waals surface area contributed by atoms with Crippen molar-refractivity contribution in [2.24, 2.45) is 0 Å². The van der Waals surface area contributed by atoms with Crippen LogP contribution in [0.4, 0.5) is 0 Å². The normalized spacial score (nSPS) is 17.3. The lowest BCUT2D eigenvalue weighted by Crippen LogP contribution is -2.49. The van der Waals surface area contributed by atoms with Gasteiger partial charge in [0.2, 0.25) is 0 Å². The van der Waals surface area contributed by atoms with E-state index < -0.39 is 0 Å². The van der Waals surface area contributed by atoms with Gasteiger partial charge in [-0.3, -0.25) is 9.63 Å². The second kappa shape index (κ2) is 4.88. The van der Waals surface area contributed by atoms with Crippen LogP contribution in [-0.2, 0) is 15.0 Å². The molecule has 3 nitrogen and oxygen atoms in total. The summed E-state index contributed by atoms with van der Waals surface area (Å²) < 4.78 is 0. The summed E-state index contributed by atoms with van der Waals surface area (Å²) in [4.78, 5) is 17.2. The largest absolute Gasteiger partial charge is 0.274 e. The molecule has 17 heavy (non-hydrogen) atoms. The summed E-state index contributed by atoms with van der Waals surface area (Å²) in [6.45, 7) is 4.41. The van der Waals surface area contributed by atoms with Crippen LogP contribution in [0.2, 0.25) is 0 Å². The summed E-state index contributed by atoms with van der Waals surface area (Å²) in [6.07, 6.45) is 2.93. The molecule has 0 heterocycles. The Balaban J connectivity index is 2.22. The van der Waals surface area contributed by atoms with Crippen molar-refractivity contribution in [1.82, 2.24) is 5.48 Å². The van der Waals surface area contributed by atoms with Gasteiger partial charge in [0.05, 0.1) is 12.0 Å². The highest BCUT2D eigenvalue weighted by atomic mass is 16.6. The Hall–Kier alpha value is -1.35. The van der Waals surface area contributed by atoms with Crippen LogP contribution in [0.25, 0.3) is 0 Å². The van der Waals surface area contributed by atoms with Crippen molar-refractivity contribution in [3.63, 3.8) is 0 Å². The van der Waals surface area contributed by atoms with E-state index in [2.05, 4.69) is 24.5 Å². The predicted molar refractivity (Wildman–Crippen MR) is 66.5 cm³/mol. The molecule has 1 saturated carbocycles. The number of amides is 1. The van der Waals surface area contributed by atoms with Gasteiger partial charge in [-0.1, -0.05) is 36.2 Å². The van der Waals surface area contributed by atoms with Gasteiger partial charge in [-0.05, 0) is 32.3 Å². The average Bonchev–Trinajstić information content (AvgIpc) is 2.25. The molecule has 0 radical (unpaired) electrons. The molecular formula is C14H19NO2. The zero-order chi connectivity index (χ0) is 12.3. The first kappa shape index (κ1) is 12.1. The van der Waals surface area contributed by atoms with E-state index in [9.17, 15) is 4.79 Å². The molecule has 92 valence electrons. The maximum absolute atomic E-state index is 12.2. The molecule has 0 atom stereocenters. The van der Waals surface area contributed by atoms with Gasteiger partial charge in [0, 0.05) is 0 Å². The highest BCUT2D eigenvalue weighted by Crippen LogP contribution is 2.44. The molecule has 0 unspecified atom stereocenters. The molecule has 1 aromatic carbocycles. The highest BCUT2D eigenvalue weighted by molar-refractivity contribution is 5.88. The van der Waals surface area contributed by atoms with E-state index in [4.69, 9.17) is 4.84 Å². The third kappa shape index (κ3) is 2.20. The molecule has 0 aliphatic heterocycles. The SMILES string of the molecule is CCONC(=O)C1(c2cccc(C)c2)CCC1. The average molecular weight is 233 g/mol. The number of hydrogen-bond donors (Lipinski definition) is 1. The number of hydrogen-bond acceptors (Lipinski definition) is 2. The number of rotatable bonds is 4. The molecule has 1 aromatic rings. The van der Waals surface area contributed by atoms with Crippen LogP contribution in [-0.4, -0.2) is 12.5 Å². The Bertz CT molecular complexity index is 410. The van der Waals surface area contributed by atoms with Crippen LogP contribution in [0.1, 0.15) is 37.3 Å². The first-order valence-electron chi connectivity index (χ1n) is 6.18. The fourth-order valence-electron chi connectivity index (χ4n) is 2.36. The second-order valence-corrected chi connectivity index (χ2v) is 4.67. The van der Waals surface area contributed by atoms with Crippen molar-refractivity contribution in [3.05, 3.63) is 35.4 Å². The van der Waals surface area contributed by atoms with Crippen LogP contribution in [0.5, 0.6) is 0 Å². The minimum atomic E-state index is -0.360. The summed E-state index contributed by atoms with van der Waals surface area (Å²) in [5.74, 6) is -0.00352. The Morgan fingerprint density at radius 3 is 2.76 bits per heavy atom. The molecule has 3 heteroatoms. The highest BCUT2D eigenvalue weighted by Gasteiger charge is 2.45. The van der Waals surface area contributed by atoms with Gasteiger partial charge in [-0.15, -0.1) is 0 Å². The topological polar surface area (TPSA) is 38.3 Å². The van der Waals surface area contributed by atoms with Crippen LogP contribution in [0, 0.1) is 6.92 Å². The summed E-state index contributed by atoms with van der Waals surface area (Å²) in [5, 5.41) is 0. The van der Waals surface area contributed by atoms with E-state index in [1.54, 1.807) is 0 Å². The van der Waals surface area contributed by atoms with Crippen LogP contribution < -0.4 is 5.48 Å². The number of carbonyl (C=O) groups is 1. The minimum Gasteiger partial charge on any atom is -0.274 e. The molecule has 1 aliphatic carbocycles. The van der Waals surface area contributed by atoms with E-state index >= 15 is 0 Å². The lowest BCUT2D eigenvalue weighted by molar-refractivity contribution is -0.142. The van der Waals surface area contributed by atoms with Crippen molar-refractivity contribution < 1.29 is 9.63 Å². The zero-order valence-corrected chi connectivity index (χ0v) is 10.5. The van der Waals surface area contributed by atoms with E-state index in [0.29, 0.717) is 6.61 Å². The Morgan fingerprint density at radius 1 is 1.47 bits per heavy atom. The quantitative estimate of drug-likeness (QED) is 0.811. The molecule has 0 aromatic heterocycles. The molecule has 0 bridgehead atoms. The van der Waals surface area contributed by atoms with Crippen molar-refractivity contribution in [1.29, 1.82) is 0 Å². The summed E-state index contributed by atoms with van der Waals surface area (Å²) in [7, 11) is 0.